The Labute approximate surface area is 201 Å². The Balaban J connectivity index is 1.82. The van der Waals surface area contributed by atoms with E-state index in [1.807, 2.05) is 18.2 Å². The van der Waals surface area contributed by atoms with E-state index >= 15 is 0 Å². The van der Waals surface area contributed by atoms with Gasteiger partial charge < -0.3 is 19.9 Å². The number of nitrogens with zero attached hydrogens (tertiary/aromatic N) is 1. The van der Waals surface area contributed by atoms with E-state index < -0.39 is 5.97 Å². The van der Waals surface area contributed by atoms with Crippen LogP contribution in [0.5, 0.6) is 11.5 Å². The molecular weight excluding hydrogens is 456 g/mol. The molecule has 1 amide bonds. The Morgan fingerprint density at radius 1 is 1.06 bits per heavy atom. The second kappa shape index (κ2) is 11.5. The summed E-state index contributed by atoms with van der Waals surface area (Å²) in [6.45, 7) is 1.86. The second-order valence-electron chi connectivity index (χ2n) is 7.02. The third-order valence-corrected chi connectivity index (χ3v) is 4.89. The monoisotopic (exact) mass is 476 g/mol. The Morgan fingerprint density at radius 3 is 2.35 bits per heavy atom. The van der Waals surface area contributed by atoms with Gasteiger partial charge in [0.25, 0.3) is 5.91 Å². The maximum Gasteiger partial charge on any atom is 0.335 e. The predicted octanol–water partition coefficient (Wildman–Crippen LogP) is 5.52. The first-order valence-electron chi connectivity index (χ1n) is 10.3. The highest BCUT2D eigenvalue weighted by atomic mass is 35.5. The normalized spacial score (nSPS) is 10.8. The van der Waals surface area contributed by atoms with Gasteiger partial charge in [-0.1, -0.05) is 41.9 Å². The zero-order valence-corrected chi connectivity index (χ0v) is 19.0. The molecule has 0 unspecified atom stereocenters. The van der Waals surface area contributed by atoms with Gasteiger partial charge in [-0.3, -0.25) is 4.79 Å². The molecule has 0 spiro atoms. The summed E-state index contributed by atoms with van der Waals surface area (Å²) in [5.74, 6) is -0.860. The van der Waals surface area contributed by atoms with Crippen LogP contribution in [-0.4, -0.2) is 30.2 Å². The van der Waals surface area contributed by atoms with Crippen LogP contribution in [0.3, 0.4) is 0 Å². The largest absolute Gasteiger partial charge is 0.490 e. The quantitative estimate of drug-likeness (QED) is 0.311. The van der Waals surface area contributed by atoms with E-state index in [0.717, 1.165) is 0 Å². The minimum Gasteiger partial charge on any atom is -0.490 e. The molecule has 0 radical (unpaired) electrons. The first-order chi connectivity index (χ1) is 16.4. The summed E-state index contributed by atoms with van der Waals surface area (Å²) in [5, 5.41) is 21.6. The fraction of sp³-hybridized carbons (Fsp3) is 0.115. The van der Waals surface area contributed by atoms with Crippen molar-refractivity contribution in [1.82, 2.24) is 0 Å². The number of halogens is 1. The number of nitrogens with one attached hydrogen (secondary N) is 1. The van der Waals surface area contributed by atoms with Crippen LogP contribution >= 0.6 is 11.6 Å². The van der Waals surface area contributed by atoms with E-state index in [2.05, 4.69) is 11.4 Å². The van der Waals surface area contributed by atoms with Crippen molar-refractivity contribution in [2.75, 3.05) is 18.5 Å². The van der Waals surface area contributed by atoms with Gasteiger partial charge in [0, 0.05) is 5.69 Å². The highest BCUT2D eigenvalue weighted by Crippen LogP contribution is 2.37. The summed E-state index contributed by atoms with van der Waals surface area (Å²) in [6.07, 6.45) is 1.61. The molecule has 0 heterocycles. The van der Waals surface area contributed by atoms with E-state index in [9.17, 15) is 14.9 Å². The Bertz CT molecular complexity index is 1250. The fourth-order valence-corrected chi connectivity index (χ4v) is 3.34. The number of carboxylic acid groups (broad SMARTS) is 1. The third-order valence-electron chi connectivity index (χ3n) is 4.61. The van der Waals surface area contributed by atoms with Crippen molar-refractivity contribution >= 4 is 40.8 Å². The number of nitriles is 1. The number of hydrogen-bond donors (Lipinski definition) is 2. The van der Waals surface area contributed by atoms with E-state index in [1.54, 1.807) is 49.4 Å². The average molecular weight is 477 g/mol. The van der Waals surface area contributed by atoms with Crippen LogP contribution in [0.1, 0.15) is 28.4 Å². The van der Waals surface area contributed by atoms with Crippen LogP contribution in [0.4, 0.5) is 5.69 Å². The van der Waals surface area contributed by atoms with Gasteiger partial charge in [-0.25, -0.2) is 4.79 Å². The number of carbonyl (C=O) groups excluding carboxylic acids is 1. The lowest BCUT2D eigenvalue weighted by Gasteiger charge is -2.14. The van der Waals surface area contributed by atoms with E-state index in [-0.39, 0.29) is 28.8 Å². The van der Waals surface area contributed by atoms with E-state index in [4.69, 9.17) is 26.2 Å². The van der Waals surface area contributed by atoms with Crippen molar-refractivity contribution in [3.8, 4) is 17.6 Å². The first kappa shape index (κ1) is 24.4. The smallest absolute Gasteiger partial charge is 0.335 e. The molecule has 0 fully saturated rings. The van der Waals surface area contributed by atoms with Gasteiger partial charge in [0.05, 0.1) is 28.8 Å². The average Bonchev–Trinajstić information content (AvgIpc) is 2.83. The summed E-state index contributed by atoms with van der Waals surface area (Å²) in [5.41, 5.74) is 2.22. The van der Waals surface area contributed by atoms with E-state index in [1.165, 1.54) is 12.1 Å². The van der Waals surface area contributed by atoms with Gasteiger partial charge in [-0.15, -0.1) is 0 Å². The van der Waals surface area contributed by atoms with Crippen LogP contribution in [-0.2, 0) is 4.79 Å². The van der Waals surface area contributed by atoms with Gasteiger partial charge in [0.1, 0.15) is 0 Å². The molecule has 7 nitrogen and oxygen atoms in total. The van der Waals surface area contributed by atoms with Crippen LogP contribution in [0, 0.1) is 11.3 Å². The van der Waals surface area contributed by atoms with Crippen molar-refractivity contribution in [2.24, 2.45) is 0 Å². The minimum absolute atomic E-state index is 0.125. The number of hydrogen-bond acceptors (Lipinski definition) is 5. The molecule has 3 aromatic carbocycles. The standard InChI is InChI=1S/C26H21ClN2O5/c1-2-33-23-14-17(12-20(15-28)18-8-10-19(11-9-18)26(31)32)13-22(27)25(23)34-16-24(30)29-21-6-4-3-5-7-21/h3-14H,2,16H2,1H3,(H,29,30)(H,31,32)/b20-12-. The highest BCUT2D eigenvalue weighted by Gasteiger charge is 2.15. The molecule has 3 rings (SSSR count). The highest BCUT2D eigenvalue weighted by molar-refractivity contribution is 6.32. The lowest BCUT2D eigenvalue weighted by Crippen LogP contribution is -2.20. The number of amides is 1. The van der Waals surface area contributed by atoms with Crippen molar-refractivity contribution in [3.63, 3.8) is 0 Å². The van der Waals surface area contributed by atoms with Crippen LogP contribution in [0.25, 0.3) is 11.6 Å². The first-order valence-corrected chi connectivity index (χ1v) is 10.7. The molecule has 172 valence electrons. The number of anilines is 1. The molecular formula is C26H21ClN2O5. The molecule has 0 aliphatic carbocycles. The van der Waals surface area contributed by atoms with Gasteiger partial charge >= 0.3 is 5.97 Å². The lowest BCUT2D eigenvalue weighted by atomic mass is 10.0. The molecule has 0 saturated carbocycles. The van der Waals surface area contributed by atoms with Crippen molar-refractivity contribution in [2.45, 2.75) is 6.92 Å². The minimum atomic E-state index is -1.05. The van der Waals surface area contributed by atoms with Crippen molar-refractivity contribution < 1.29 is 24.2 Å². The molecule has 0 saturated heterocycles. The molecule has 3 aromatic rings. The van der Waals surface area contributed by atoms with Crippen LogP contribution in [0.15, 0.2) is 66.7 Å². The molecule has 8 heteroatoms. The van der Waals surface area contributed by atoms with Crippen molar-refractivity contribution in [3.05, 3.63) is 88.4 Å². The number of para-hydroxylation sites is 1. The van der Waals surface area contributed by atoms with E-state index in [0.29, 0.717) is 34.7 Å². The Hall–Kier alpha value is -4.28. The Kier molecular flexibility index (Phi) is 8.27. The molecule has 0 aromatic heterocycles. The van der Waals surface area contributed by atoms with Gasteiger partial charge in [0.2, 0.25) is 0 Å². The predicted molar refractivity (Wildman–Crippen MR) is 130 cm³/mol. The SMILES string of the molecule is CCOc1cc(/C=C(/C#N)c2ccc(C(=O)O)cc2)cc(Cl)c1OCC(=O)Nc1ccccc1. The number of carbonyl (C=O) groups is 2. The molecule has 0 aliphatic heterocycles. The van der Waals surface area contributed by atoms with Gasteiger partial charge in [-0.2, -0.15) is 5.26 Å². The maximum absolute atomic E-state index is 12.2. The number of rotatable bonds is 9. The van der Waals surface area contributed by atoms with Crippen LogP contribution < -0.4 is 14.8 Å². The molecule has 2 N–H and O–H groups in total. The van der Waals surface area contributed by atoms with Crippen LogP contribution in [0.2, 0.25) is 5.02 Å². The zero-order chi connectivity index (χ0) is 24.5. The summed E-state index contributed by atoms with van der Waals surface area (Å²) in [4.78, 5) is 23.3. The number of benzene rings is 3. The number of ether oxygens (including phenoxy) is 2. The molecule has 0 atom stereocenters. The topological polar surface area (TPSA) is 109 Å². The summed E-state index contributed by atoms with van der Waals surface area (Å²) < 4.78 is 11.3. The lowest BCUT2D eigenvalue weighted by molar-refractivity contribution is -0.118. The summed E-state index contributed by atoms with van der Waals surface area (Å²) in [7, 11) is 0. The van der Waals surface area contributed by atoms with Gasteiger partial charge in [-0.05, 0) is 60.5 Å². The van der Waals surface area contributed by atoms with Crippen molar-refractivity contribution in [1.29, 1.82) is 5.26 Å². The summed E-state index contributed by atoms with van der Waals surface area (Å²) >= 11 is 6.43. The number of carboxylic acids is 1. The number of allylic oxidation sites excluding steroid dienone is 1. The Morgan fingerprint density at radius 2 is 1.74 bits per heavy atom. The zero-order valence-electron chi connectivity index (χ0n) is 18.2. The third kappa shape index (κ3) is 6.37. The molecule has 34 heavy (non-hydrogen) atoms. The maximum atomic E-state index is 12.2. The summed E-state index contributed by atoms with van der Waals surface area (Å²) in [6, 6.07) is 20.3. The fourth-order valence-electron chi connectivity index (χ4n) is 3.07. The van der Waals surface area contributed by atoms with Gasteiger partial charge in [0.15, 0.2) is 18.1 Å². The second-order valence-corrected chi connectivity index (χ2v) is 7.43. The number of aromatic carboxylic acids is 1. The molecule has 0 aliphatic rings. The molecule has 0 bridgehead atoms.